The Balaban J connectivity index is 1.76. The molecule has 0 atom stereocenters. The van der Waals surface area contributed by atoms with Gasteiger partial charge in [0.1, 0.15) is 0 Å². The second-order valence-corrected chi connectivity index (χ2v) is 6.49. The predicted molar refractivity (Wildman–Crippen MR) is 91.5 cm³/mol. The molecule has 1 fully saturated rings. The molecule has 2 aromatic rings. The molecule has 0 N–H and O–H groups in total. The number of hydrogen-bond acceptors (Lipinski definition) is 3. The van der Waals surface area contributed by atoms with Crippen molar-refractivity contribution in [2.45, 2.75) is 16.7 Å². The van der Waals surface area contributed by atoms with Crippen molar-refractivity contribution in [3.8, 4) is 0 Å². The zero-order valence-corrected chi connectivity index (χ0v) is 13.6. The topological polar surface area (TPSA) is 23.6 Å². The van der Waals surface area contributed by atoms with Crippen LogP contribution in [0.4, 0.5) is 5.69 Å². The fourth-order valence-corrected chi connectivity index (χ4v) is 3.68. The van der Waals surface area contributed by atoms with Gasteiger partial charge < -0.3 is 9.80 Å². The average molecular weight is 312 g/mol. The molecule has 1 aliphatic heterocycles. The Morgan fingerprint density at radius 3 is 2.23 bits per heavy atom. The summed E-state index contributed by atoms with van der Waals surface area (Å²) in [5.41, 5.74) is 1.26. The first kappa shape index (κ1) is 15.0. The normalized spacial score (nSPS) is 15.0. The summed E-state index contributed by atoms with van der Waals surface area (Å²) in [4.78, 5) is 18.3. The van der Waals surface area contributed by atoms with Gasteiger partial charge >= 0.3 is 0 Å². The van der Waals surface area contributed by atoms with Crippen LogP contribution in [0.15, 0.2) is 64.4 Å². The molecule has 1 saturated heterocycles. The molecular weight excluding hydrogens is 292 g/mol. The molecule has 0 aromatic heterocycles. The van der Waals surface area contributed by atoms with Gasteiger partial charge in [0.25, 0.3) is 0 Å². The lowest BCUT2D eigenvalue weighted by molar-refractivity contribution is -0.129. The van der Waals surface area contributed by atoms with Gasteiger partial charge in [0, 0.05) is 42.9 Å². The molecule has 22 heavy (non-hydrogen) atoms. The van der Waals surface area contributed by atoms with Crippen LogP contribution in [0, 0.1) is 0 Å². The van der Waals surface area contributed by atoms with Crippen molar-refractivity contribution < 1.29 is 4.79 Å². The predicted octanol–water partition coefficient (Wildman–Crippen LogP) is 3.51. The number of hydrogen-bond donors (Lipinski definition) is 0. The third-order valence-electron chi connectivity index (χ3n) is 3.90. The van der Waals surface area contributed by atoms with Gasteiger partial charge in [-0.3, -0.25) is 4.79 Å². The largest absolute Gasteiger partial charge is 0.367 e. The Morgan fingerprint density at radius 2 is 1.55 bits per heavy atom. The lowest BCUT2D eigenvalue weighted by Gasteiger charge is -2.36. The average Bonchev–Trinajstić information content (AvgIpc) is 2.56. The third kappa shape index (κ3) is 3.45. The summed E-state index contributed by atoms with van der Waals surface area (Å²) in [6.45, 7) is 5.05. The molecule has 0 unspecified atom stereocenters. The molecule has 0 spiro atoms. The van der Waals surface area contributed by atoms with E-state index in [1.165, 1.54) is 15.5 Å². The van der Waals surface area contributed by atoms with Crippen molar-refractivity contribution in [1.29, 1.82) is 0 Å². The number of carbonyl (C=O) groups is 1. The summed E-state index contributed by atoms with van der Waals surface area (Å²) < 4.78 is 0. The van der Waals surface area contributed by atoms with Crippen LogP contribution in [0.5, 0.6) is 0 Å². The van der Waals surface area contributed by atoms with Crippen molar-refractivity contribution in [2.24, 2.45) is 0 Å². The van der Waals surface area contributed by atoms with Gasteiger partial charge in [-0.1, -0.05) is 42.1 Å². The maximum Gasteiger partial charge on any atom is 0.219 e. The molecule has 3 nitrogen and oxygen atoms in total. The van der Waals surface area contributed by atoms with E-state index in [1.807, 2.05) is 11.0 Å². The summed E-state index contributed by atoms with van der Waals surface area (Å²) in [5.74, 6) is 0.173. The van der Waals surface area contributed by atoms with Crippen LogP contribution < -0.4 is 4.90 Å². The first-order chi connectivity index (χ1) is 10.7. The molecule has 0 radical (unpaired) electrons. The van der Waals surface area contributed by atoms with Crippen LogP contribution in [-0.2, 0) is 4.79 Å². The number of piperazine rings is 1. The number of carbonyl (C=O) groups excluding carboxylic acids is 1. The van der Waals surface area contributed by atoms with Crippen molar-refractivity contribution in [3.63, 3.8) is 0 Å². The minimum absolute atomic E-state index is 0.173. The zero-order chi connectivity index (χ0) is 15.4. The van der Waals surface area contributed by atoms with Gasteiger partial charge in [-0.05, 0) is 24.3 Å². The highest BCUT2D eigenvalue weighted by atomic mass is 32.2. The van der Waals surface area contributed by atoms with Gasteiger partial charge in [-0.15, -0.1) is 0 Å². The smallest absolute Gasteiger partial charge is 0.219 e. The van der Waals surface area contributed by atoms with E-state index in [2.05, 4.69) is 53.4 Å². The van der Waals surface area contributed by atoms with Crippen molar-refractivity contribution >= 4 is 23.4 Å². The fourth-order valence-electron chi connectivity index (χ4n) is 2.68. The lowest BCUT2D eigenvalue weighted by atomic mass is 10.2. The zero-order valence-electron chi connectivity index (χ0n) is 12.7. The minimum atomic E-state index is 0.173. The van der Waals surface area contributed by atoms with Gasteiger partial charge in [0.05, 0.1) is 5.69 Å². The minimum Gasteiger partial charge on any atom is -0.367 e. The Morgan fingerprint density at radius 1 is 0.909 bits per heavy atom. The highest BCUT2D eigenvalue weighted by molar-refractivity contribution is 7.99. The summed E-state index contributed by atoms with van der Waals surface area (Å²) in [5, 5.41) is 0. The number of benzene rings is 2. The number of anilines is 1. The second kappa shape index (κ2) is 6.88. The van der Waals surface area contributed by atoms with Crippen molar-refractivity contribution in [1.82, 2.24) is 4.90 Å². The third-order valence-corrected chi connectivity index (χ3v) is 4.97. The van der Waals surface area contributed by atoms with Crippen LogP contribution in [0.25, 0.3) is 0 Å². The van der Waals surface area contributed by atoms with E-state index in [9.17, 15) is 4.79 Å². The Labute approximate surface area is 135 Å². The van der Waals surface area contributed by atoms with E-state index < -0.39 is 0 Å². The summed E-state index contributed by atoms with van der Waals surface area (Å²) >= 11 is 1.79. The van der Waals surface area contributed by atoms with Crippen LogP contribution in [0.1, 0.15) is 6.92 Å². The summed E-state index contributed by atoms with van der Waals surface area (Å²) in [6, 6.07) is 19.0. The molecule has 0 saturated carbocycles. The molecule has 4 heteroatoms. The SMILES string of the molecule is CC(=O)N1CCN(c2ccccc2Sc2ccccc2)CC1. The first-order valence-corrected chi connectivity index (χ1v) is 8.38. The summed E-state index contributed by atoms with van der Waals surface area (Å²) in [6.07, 6.45) is 0. The van der Waals surface area contributed by atoms with E-state index in [1.54, 1.807) is 18.7 Å². The Bertz CT molecular complexity index is 637. The van der Waals surface area contributed by atoms with Crippen LogP contribution in [0.2, 0.25) is 0 Å². The number of nitrogens with zero attached hydrogens (tertiary/aromatic N) is 2. The second-order valence-electron chi connectivity index (χ2n) is 5.38. The molecule has 1 heterocycles. The van der Waals surface area contributed by atoms with E-state index in [0.29, 0.717) is 0 Å². The highest BCUT2D eigenvalue weighted by Gasteiger charge is 2.20. The molecule has 0 aliphatic carbocycles. The molecule has 114 valence electrons. The Kier molecular flexibility index (Phi) is 4.68. The van der Waals surface area contributed by atoms with Crippen LogP contribution in [0.3, 0.4) is 0 Å². The molecule has 3 rings (SSSR count). The fraction of sp³-hybridized carbons (Fsp3) is 0.278. The maximum atomic E-state index is 11.5. The van der Waals surface area contributed by atoms with Crippen LogP contribution >= 0.6 is 11.8 Å². The molecule has 2 aromatic carbocycles. The van der Waals surface area contributed by atoms with E-state index in [0.717, 1.165) is 26.2 Å². The monoisotopic (exact) mass is 312 g/mol. The number of rotatable bonds is 3. The summed E-state index contributed by atoms with van der Waals surface area (Å²) in [7, 11) is 0. The molecule has 1 aliphatic rings. The van der Waals surface area contributed by atoms with Gasteiger partial charge in [-0.2, -0.15) is 0 Å². The number of amides is 1. The van der Waals surface area contributed by atoms with Gasteiger partial charge in [0.2, 0.25) is 5.91 Å². The first-order valence-electron chi connectivity index (χ1n) is 7.56. The quantitative estimate of drug-likeness (QED) is 0.866. The molecular formula is C18H20N2OS. The van der Waals surface area contributed by atoms with Gasteiger partial charge in [-0.25, -0.2) is 0 Å². The van der Waals surface area contributed by atoms with E-state index >= 15 is 0 Å². The standard InChI is InChI=1S/C18H20N2OS/c1-15(21)19-11-13-20(14-12-19)17-9-5-6-10-18(17)22-16-7-3-2-4-8-16/h2-10H,11-14H2,1H3. The van der Waals surface area contributed by atoms with E-state index in [4.69, 9.17) is 0 Å². The molecule has 1 amide bonds. The highest BCUT2D eigenvalue weighted by Crippen LogP contribution is 2.35. The Hall–Kier alpha value is -1.94. The van der Waals surface area contributed by atoms with Crippen molar-refractivity contribution in [2.75, 3.05) is 31.1 Å². The van der Waals surface area contributed by atoms with E-state index in [-0.39, 0.29) is 5.91 Å². The number of para-hydroxylation sites is 1. The molecule has 0 bridgehead atoms. The van der Waals surface area contributed by atoms with Gasteiger partial charge in [0.15, 0.2) is 0 Å². The van der Waals surface area contributed by atoms with Crippen LogP contribution in [-0.4, -0.2) is 37.0 Å². The van der Waals surface area contributed by atoms with Crippen molar-refractivity contribution in [3.05, 3.63) is 54.6 Å². The lowest BCUT2D eigenvalue weighted by Crippen LogP contribution is -2.48. The maximum absolute atomic E-state index is 11.5.